The minimum absolute atomic E-state index is 0.125. The van der Waals surface area contributed by atoms with Crippen LogP contribution in [-0.4, -0.2) is 40.2 Å². The predicted molar refractivity (Wildman–Crippen MR) is 85.4 cm³/mol. The van der Waals surface area contributed by atoms with Crippen molar-refractivity contribution in [2.75, 3.05) is 13.2 Å². The van der Waals surface area contributed by atoms with E-state index in [2.05, 4.69) is 38.2 Å². The molecule has 0 bridgehead atoms. The van der Waals surface area contributed by atoms with Gasteiger partial charge in [-0.25, -0.2) is 4.68 Å². The Balaban J connectivity index is 1.63. The number of amides is 1. The summed E-state index contributed by atoms with van der Waals surface area (Å²) in [6.45, 7) is 1.30. The molecule has 1 saturated heterocycles. The van der Waals surface area contributed by atoms with E-state index in [1.54, 1.807) is 10.9 Å². The van der Waals surface area contributed by atoms with Crippen molar-refractivity contribution >= 4 is 28.5 Å². The summed E-state index contributed by atoms with van der Waals surface area (Å²) in [5, 5.41) is 10.7. The summed E-state index contributed by atoms with van der Waals surface area (Å²) in [4.78, 5) is 12.0. The lowest BCUT2D eigenvalue weighted by atomic mass is 10.2. The number of ether oxygens (including phenoxy) is 1. The molecule has 7 heteroatoms. The first kappa shape index (κ1) is 14.5. The van der Waals surface area contributed by atoms with Crippen LogP contribution >= 0.6 is 22.6 Å². The molecule has 21 heavy (non-hydrogen) atoms. The lowest BCUT2D eigenvalue weighted by Crippen LogP contribution is -2.31. The number of rotatable bonds is 4. The van der Waals surface area contributed by atoms with Gasteiger partial charge in [-0.1, -0.05) is 5.21 Å². The Bertz CT molecular complexity index is 620. The fourth-order valence-corrected chi connectivity index (χ4v) is 2.55. The SMILES string of the molecule is O=C(NCC1CCCO1)c1cn(-c2ccc(I)cc2)nn1. The van der Waals surface area contributed by atoms with Crippen LogP contribution in [0.15, 0.2) is 30.5 Å². The van der Waals surface area contributed by atoms with E-state index in [0.717, 1.165) is 28.7 Å². The third-order valence-corrected chi connectivity index (χ3v) is 4.05. The van der Waals surface area contributed by atoms with E-state index >= 15 is 0 Å². The molecule has 110 valence electrons. The van der Waals surface area contributed by atoms with E-state index < -0.39 is 0 Å². The van der Waals surface area contributed by atoms with Gasteiger partial charge in [0, 0.05) is 16.7 Å². The Morgan fingerprint density at radius 3 is 2.95 bits per heavy atom. The first-order chi connectivity index (χ1) is 10.2. The number of halogens is 1. The van der Waals surface area contributed by atoms with Gasteiger partial charge in [0.25, 0.3) is 5.91 Å². The molecule has 1 aliphatic heterocycles. The predicted octanol–water partition coefficient (Wildman–Crippen LogP) is 1.78. The van der Waals surface area contributed by atoms with Gasteiger partial charge in [-0.3, -0.25) is 4.79 Å². The number of hydrogen-bond donors (Lipinski definition) is 1. The van der Waals surface area contributed by atoms with Gasteiger partial charge in [0.15, 0.2) is 5.69 Å². The van der Waals surface area contributed by atoms with Gasteiger partial charge >= 0.3 is 0 Å². The molecule has 0 aliphatic carbocycles. The first-order valence-electron chi connectivity index (χ1n) is 6.80. The van der Waals surface area contributed by atoms with Crippen LogP contribution in [0.2, 0.25) is 0 Å². The molecule has 1 N–H and O–H groups in total. The van der Waals surface area contributed by atoms with Crippen LogP contribution in [0.4, 0.5) is 0 Å². The van der Waals surface area contributed by atoms with Gasteiger partial charge in [0.1, 0.15) is 0 Å². The van der Waals surface area contributed by atoms with Crippen LogP contribution in [0, 0.1) is 3.57 Å². The Morgan fingerprint density at radius 1 is 1.43 bits per heavy atom. The summed E-state index contributed by atoms with van der Waals surface area (Å²) in [6, 6.07) is 7.83. The second-order valence-corrected chi connectivity index (χ2v) is 6.12. The zero-order valence-corrected chi connectivity index (χ0v) is 13.5. The summed E-state index contributed by atoms with van der Waals surface area (Å²) in [5.74, 6) is -0.220. The number of aromatic nitrogens is 3. The van der Waals surface area contributed by atoms with Crippen LogP contribution in [0.1, 0.15) is 23.3 Å². The molecule has 0 saturated carbocycles. The van der Waals surface area contributed by atoms with Crippen molar-refractivity contribution in [3.05, 3.63) is 39.7 Å². The van der Waals surface area contributed by atoms with E-state index in [-0.39, 0.29) is 12.0 Å². The fraction of sp³-hybridized carbons (Fsp3) is 0.357. The van der Waals surface area contributed by atoms with Crippen LogP contribution in [0.3, 0.4) is 0 Å². The van der Waals surface area contributed by atoms with Crippen molar-refractivity contribution < 1.29 is 9.53 Å². The fourth-order valence-electron chi connectivity index (χ4n) is 2.19. The summed E-state index contributed by atoms with van der Waals surface area (Å²) >= 11 is 2.24. The minimum atomic E-state index is -0.220. The molecule has 1 aromatic heterocycles. The molecule has 1 aliphatic rings. The second kappa shape index (κ2) is 6.52. The lowest BCUT2D eigenvalue weighted by Gasteiger charge is -2.09. The van der Waals surface area contributed by atoms with E-state index in [9.17, 15) is 4.79 Å². The van der Waals surface area contributed by atoms with Crippen LogP contribution in [0.25, 0.3) is 5.69 Å². The quantitative estimate of drug-likeness (QED) is 0.798. The molecular weight excluding hydrogens is 383 g/mol. The monoisotopic (exact) mass is 398 g/mol. The molecule has 6 nitrogen and oxygen atoms in total. The topological polar surface area (TPSA) is 69.0 Å². The van der Waals surface area contributed by atoms with Gasteiger partial charge in [0.2, 0.25) is 0 Å². The number of nitrogens with zero attached hydrogens (tertiary/aromatic N) is 3. The molecule has 1 fully saturated rings. The van der Waals surface area contributed by atoms with Crippen molar-refractivity contribution in [1.82, 2.24) is 20.3 Å². The largest absolute Gasteiger partial charge is 0.376 e. The summed E-state index contributed by atoms with van der Waals surface area (Å²) in [7, 11) is 0. The highest BCUT2D eigenvalue weighted by Crippen LogP contribution is 2.12. The average Bonchev–Trinajstić information content (AvgIpc) is 3.17. The maximum atomic E-state index is 12.0. The molecule has 2 heterocycles. The highest BCUT2D eigenvalue weighted by molar-refractivity contribution is 14.1. The number of hydrogen-bond acceptors (Lipinski definition) is 4. The van der Waals surface area contributed by atoms with Crippen molar-refractivity contribution in [3.63, 3.8) is 0 Å². The Morgan fingerprint density at radius 2 is 2.24 bits per heavy atom. The molecule has 2 aromatic rings. The molecule has 0 radical (unpaired) electrons. The number of benzene rings is 1. The Hall–Kier alpha value is -1.48. The summed E-state index contributed by atoms with van der Waals surface area (Å²) in [6.07, 6.45) is 3.81. The maximum Gasteiger partial charge on any atom is 0.273 e. The minimum Gasteiger partial charge on any atom is -0.376 e. The third kappa shape index (κ3) is 3.59. The second-order valence-electron chi connectivity index (χ2n) is 4.87. The van der Waals surface area contributed by atoms with Crippen molar-refractivity contribution in [1.29, 1.82) is 0 Å². The van der Waals surface area contributed by atoms with E-state index in [1.165, 1.54) is 0 Å². The van der Waals surface area contributed by atoms with Crippen molar-refractivity contribution in [3.8, 4) is 5.69 Å². The Kier molecular flexibility index (Phi) is 4.49. The van der Waals surface area contributed by atoms with E-state index in [1.807, 2.05) is 24.3 Å². The molecule has 1 aromatic carbocycles. The number of carbonyl (C=O) groups is 1. The van der Waals surface area contributed by atoms with Crippen LogP contribution in [0.5, 0.6) is 0 Å². The molecule has 0 spiro atoms. The van der Waals surface area contributed by atoms with Gasteiger partial charge in [-0.2, -0.15) is 0 Å². The summed E-state index contributed by atoms with van der Waals surface area (Å²) < 4.78 is 8.21. The summed E-state index contributed by atoms with van der Waals surface area (Å²) in [5.41, 5.74) is 1.19. The molecule has 1 unspecified atom stereocenters. The van der Waals surface area contributed by atoms with Crippen molar-refractivity contribution in [2.45, 2.75) is 18.9 Å². The highest BCUT2D eigenvalue weighted by atomic mass is 127. The third-order valence-electron chi connectivity index (χ3n) is 3.33. The van der Waals surface area contributed by atoms with Gasteiger partial charge in [-0.15, -0.1) is 5.10 Å². The zero-order valence-electron chi connectivity index (χ0n) is 11.3. The van der Waals surface area contributed by atoms with E-state index in [0.29, 0.717) is 12.2 Å². The molecule has 1 amide bonds. The number of carbonyl (C=O) groups excluding carboxylic acids is 1. The average molecular weight is 398 g/mol. The standard InChI is InChI=1S/C14H15IN4O2/c15-10-3-5-11(6-4-10)19-9-13(17-18-19)14(20)16-8-12-2-1-7-21-12/h3-6,9,12H,1-2,7-8H2,(H,16,20). The van der Waals surface area contributed by atoms with Crippen LogP contribution in [-0.2, 0) is 4.74 Å². The number of nitrogens with one attached hydrogen (secondary N) is 1. The normalized spacial score (nSPS) is 17.9. The smallest absolute Gasteiger partial charge is 0.273 e. The Labute approximate surface area is 136 Å². The highest BCUT2D eigenvalue weighted by Gasteiger charge is 2.18. The first-order valence-corrected chi connectivity index (χ1v) is 7.88. The van der Waals surface area contributed by atoms with Gasteiger partial charge in [-0.05, 0) is 59.7 Å². The lowest BCUT2D eigenvalue weighted by molar-refractivity contribution is 0.0853. The van der Waals surface area contributed by atoms with Crippen LogP contribution < -0.4 is 5.32 Å². The van der Waals surface area contributed by atoms with Crippen molar-refractivity contribution in [2.24, 2.45) is 0 Å². The zero-order chi connectivity index (χ0) is 14.7. The van der Waals surface area contributed by atoms with E-state index in [4.69, 9.17) is 4.74 Å². The molecular formula is C14H15IN4O2. The van der Waals surface area contributed by atoms with Gasteiger partial charge in [0.05, 0.1) is 18.0 Å². The van der Waals surface area contributed by atoms with Gasteiger partial charge < -0.3 is 10.1 Å². The molecule has 1 atom stereocenters. The molecule has 3 rings (SSSR count). The maximum absolute atomic E-state index is 12.0.